The quantitative estimate of drug-likeness (QED) is 0.188. The van der Waals surface area contributed by atoms with Crippen LogP contribution in [0.2, 0.25) is 0 Å². The first kappa shape index (κ1) is 33.5. The number of hydrogen-bond acceptors (Lipinski definition) is 1. The second-order valence-electron chi connectivity index (χ2n) is 7.74. The molecule has 0 saturated heterocycles. The molecule has 0 aliphatic heterocycles. The fraction of sp³-hybridized carbons (Fsp3) is 0.156. The molecule has 0 heterocycles. The predicted octanol–water partition coefficient (Wildman–Crippen LogP) is 6.18. The maximum atomic E-state index is 7.25. The molecule has 0 bridgehead atoms. The van der Waals surface area contributed by atoms with Gasteiger partial charge in [0.05, 0.1) is 0 Å². The van der Waals surface area contributed by atoms with E-state index in [1.54, 1.807) is 5.92 Å². The molecule has 0 N–H and O–H groups in total. The van der Waals surface area contributed by atoms with Gasteiger partial charge >= 0.3 is 0 Å². The van der Waals surface area contributed by atoms with Crippen LogP contribution >= 0.6 is 7.92 Å². The van der Waals surface area contributed by atoms with E-state index in [9.17, 15) is 0 Å². The van der Waals surface area contributed by atoms with E-state index in [2.05, 4.69) is 132 Å². The normalized spacial score (nSPS) is 13.9. The average molecular weight is 663 g/mol. The van der Waals surface area contributed by atoms with Crippen LogP contribution in [0, 0.1) is 59.2 Å². The van der Waals surface area contributed by atoms with Crippen LogP contribution in [-0.4, -0.2) is 0 Å². The first-order valence-electron chi connectivity index (χ1n) is 11.1. The van der Waals surface area contributed by atoms with Crippen LogP contribution in [0.5, 0.6) is 0 Å². The zero-order valence-electron chi connectivity index (χ0n) is 21.4. The molecule has 1 fully saturated rings. The molecule has 0 atom stereocenters. The standard InChI is InChI=1S/C18H15P.C10H15.C4H.NO.Re/c1-4-10-16(11-5-1)19(17-12-6-2-7-13-17)18-14-8-3-9-15-18;1-6-7(2)9(4)10(5)8(6)3;1-3-4-2;1-2;/h1-15H;1-5H3;1H;;/q;;-1;;. The van der Waals surface area contributed by atoms with Gasteiger partial charge in [0.25, 0.3) is 0 Å². The Hall–Kier alpha value is -2.53. The SMILES string of the molecule is C[C]1[C](C)[C](C)[C](C)[C]1C.[C-]#CC#C.[N]=O.[Re].c1ccc(P(c2ccccc2)c2ccccc2)cc1. The van der Waals surface area contributed by atoms with E-state index in [0.29, 0.717) is 0 Å². The molecule has 183 valence electrons. The van der Waals surface area contributed by atoms with Crippen molar-refractivity contribution in [1.29, 1.82) is 0 Å². The van der Waals surface area contributed by atoms with E-state index in [-0.39, 0.29) is 20.4 Å². The summed E-state index contributed by atoms with van der Waals surface area (Å²) in [5.74, 6) is 10.9. The summed E-state index contributed by atoms with van der Waals surface area (Å²) in [6.07, 6.45) is 10.4. The van der Waals surface area contributed by atoms with Gasteiger partial charge < -0.3 is 6.42 Å². The fourth-order valence-electron chi connectivity index (χ4n) is 3.58. The van der Waals surface area contributed by atoms with E-state index in [0.717, 1.165) is 0 Å². The summed E-state index contributed by atoms with van der Waals surface area (Å²) in [5, 5.41) is 4.19. The van der Waals surface area contributed by atoms with Crippen molar-refractivity contribution >= 4 is 23.8 Å². The topological polar surface area (TPSA) is 39.4 Å². The summed E-state index contributed by atoms with van der Waals surface area (Å²) in [6, 6.07) is 32.3. The first-order chi connectivity index (χ1) is 16.9. The van der Waals surface area contributed by atoms with Crippen LogP contribution < -0.4 is 21.5 Å². The molecule has 4 heteroatoms. The number of terminal acetylenes is 1. The maximum Gasteiger partial charge on any atom is 0.120 e. The smallest absolute Gasteiger partial charge is 0.120 e. The Kier molecular flexibility index (Phi) is 17.4. The summed E-state index contributed by atoms with van der Waals surface area (Å²) in [5.41, 5.74) is 5.75. The molecule has 0 unspecified atom stereocenters. The van der Waals surface area contributed by atoms with Gasteiger partial charge in [-0.2, -0.15) is 0 Å². The van der Waals surface area contributed by atoms with Gasteiger partial charge in [0.15, 0.2) is 0 Å². The summed E-state index contributed by atoms with van der Waals surface area (Å²) >= 11 is 0. The molecule has 0 aromatic heterocycles. The molecule has 1 saturated carbocycles. The number of nitrogens with zero attached hydrogens (tertiary/aromatic N) is 1. The number of benzene rings is 3. The Morgan fingerprint density at radius 1 is 0.583 bits per heavy atom. The van der Waals surface area contributed by atoms with Crippen molar-refractivity contribution in [3.05, 3.63) is 132 Å². The van der Waals surface area contributed by atoms with Crippen LogP contribution in [0.4, 0.5) is 0 Å². The van der Waals surface area contributed by atoms with Crippen molar-refractivity contribution < 1.29 is 20.4 Å². The monoisotopic (exact) mass is 663 g/mol. The molecule has 2 nitrogen and oxygen atoms in total. The van der Waals surface area contributed by atoms with Crippen molar-refractivity contribution in [2.45, 2.75) is 34.6 Å². The Morgan fingerprint density at radius 2 is 0.778 bits per heavy atom. The minimum atomic E-state index is -0.446. The van der Waals surface area contributed by atoms with E-state index < -0.39 is 7.92 Å². The zero-order chi connectivity index (χ0) is 26.2. The van der Waals surface area contributed by atoms with E-state index >= 15 is 0 Å². The molecule has 0 amide bonds. The Balaban J connectivity index is 0.000000610. The molecular formula is C32H31NOPRe-. The summed E-state index contributed by atoms with van der Waals surface area (Å²) in [4.78, 5) is 7.25. The van der Waals surface area contributed by atoms with Gasteiger partial charge in [-0.05, 0) is 53.4 Å². The van der Waals surface area contributed by atoms with Gasteiger partial charge in [-0.25, -0.2) is 6.42 Å². The molecule has 36 heavy (non-hydrogen) atoms. The molecule has 3 aromatic carbocycles. The number of nitroso groups, excluding NO2 is 1. The van der Waals surface area contributed by atoms with Gasteiger partial charge in [-0.3, -0.25) is 11.8 Å². The summed E-state index contributed by atoms with van der Waals surface area (Å²) in [6.45, 7) is 11.0. The van der Waals surface area contributed by atoms with E-state index in [4.69, 9.17) is 16.9 Å². The molecular weight excluding hydrogens is 632 g/mol. The van der Waals surface area contributed by atoms with Gasteiger partial charge in [-0.1, -0.05) is 126 Å². The third-order valence-corrected chi connectivity index (χ3v) is 8.37. The van der Waals surface area contributed by atoms with Crippen LogP contribution in [0.3, 0.4) is 0 Å². The molecule has 1 aliphatic carbocycles. The molecule has 0 spiro atoms. The van der Waals surface area contributed by atoms with Crippen LogP contribution in [0.1, 0.15) is 34.6 Å². The van der Waals surface area contributed by atoms with Gasteiger partial charge in [0.2, 0.25) is 0 Å². The second-order valence-corrected chi connectivity index (χ2v) is 9.96. The third-order valence-electron chi connectivity index (χ3n) is 5.93. The van der Waals surface area contributed by atoms with Crippen LogP contribution in [0.25, 0.3) is 0 Å². The zero-order valence-corrected chi connectivity index (χ0v) is 25.0. The minimum Gasteiger partial charge on any atom is -0.358 e. The van der Waals surface area contributed by atoms with Crippen molar-refractivity contribution in [2.75, 3.05) is 0 Å². The maximum absolute atomic E-state index is 7.25. The summed E-state index contributed by atoms with van der Waals surface area (Å²) in [7, 11) is -0.446. The van der Waals surface area contributed by atoms with Crippen molar-refractivity contribution in [2.24, 2.45) is 0 Å². The second kappa shape index (κ2) is 18.7. The minimum absolute atomic E-state index is 0. The molecule has 3 aromatic rings. The first-order valence-corrected chi connectivity index (χ1v) is 12.5. The molecule has 1 aliphatic rings. The third kappa shape index (κ3) is 9.85. The largest absolute Gasteiger partial charge is 0.358 e. The Labute approximate surface area is 233 Å². The van der Waals surface area contributed by atoms with Gasteiger partial charge in [0.1, 0.15) is 5.59 Å². The Morgan fingerprint density at radius 3 is 0.944 bits per heavy atom. The predicted molar refractivity (Wildman–Crippen MR) is 151 cm³/mol. The number of rotatable bonds is 3. The van der Waals surface area contributed by atoms with Crippen molar-refractivity contribution in [1.82, 2.24) is 5.59 Å². The van der Waals surface area contributed by atoms with Crippen molar-refractivity contribution in [3.8, 4) is 18.3 Å². The Bertz CT molecular complexity index is 896. The number of hydrogen-bond donors (Lipinski definition) is 0. The average Bonchev–Trinajstić information content (AvgIpc) is 3.10. The van der Waals surface area contributed by atoms with E-state index in [1.165, 1.54) is 45.5 Å². The summed E-state index contributed by atoms with van der Waals surface area (Å²) < 4.78 is 0. The van der Waals surface area contributed by atoms with E-state index in [1.807, 2.05) is 5.92 Å². The van der Waals surface area contributed by atoms with Gasteiger partial charge in [-0.15, -0.1) is 4.91 Å². The van der Waals surface area contributed by atoms with Crippen molar-refractivity contribution in [3.63, 3.8) is 0 Å². The molecule has 7 radical (unpaired) electrons. The molecule has 4 rings (SSSR count). The fourth-order valence-corrected chi connectivity index (χ4v) is 5.89. The van der Waals surface area contributed by atoms with Crippen LogP contribution in [-0.2, 0) is 20.4 Å². The van der Waals surface area contributed by atoms with Crippen LogP contribution in [0.15, 0.2) is 91.0 Å². The van der Waals surface area contributed by atoms with Gasteiger partial charge in [0, 0.05) is 20.4 Å².